The number of piperidine rings is 1. The lowest BCUT2D eigenvalue weighted by Gasteiger charge is -2.45. The summed E-state index contributed by atoms with van der Waals surface area (Å²) in [7, 11) is -3.28. The van der Waals surface area contributed by atoms with Crippen molar-refractivity contribution < 1.29 is 13.5 Å². The first-order chi connectivity index (χ1) is 15.2. The van der Waals surface area contributed by atoms with E-state index in [1.54, 1.807) is 0 Å². The molecule has 2 saturated carbocycles. The lowest BCUT2D eigenvalue weighted by Crippen LogP contribution is -2.45. The van der Waals surface area contributed by atoms with Crippen molar-refractivity contribution in [3.63, 3.8) is 0 Å². The zero-order valence-electron chi connectivity index (χ0n) is 19.0. The number of anilines is 1. The summed E-state index contributed by atoms with van der Waals surface area (Å²) in [5.74, 6) is 1.73. The minimum absolute atomic E-state index is 0.164. The average molecular weight is 455 g/mol. The molecule has 0 amide bonds. The van der Waals surface area contributed by atoms with Crippen molar-refractivity contribution in [2.45, 2.75) is 49.5 Å². The molecule has 1 aliphatic heterocycles. The molecule has 32 heavy (non-hydrogen) atoms. The van der Waals surface area contributed by atoms with Crippen molar-refractivity contribution in [2.24, 2.45) is 11.8 Å². The van der Waals surface area contributed by atoms with E-state index in [1.807, 2.05) is 24.3 Å². The Balaban J connectivity index is 1.16. The van der Waals surface area contributed by atoms with Crippen LogP contribution in [0.1, 0.15) is 49.7 Å². The van der Waals surface area contributed by atoms with Crippen LogP contribution in [0.25, 0.3) is 0 Å². The van der Waals surface area contributed by atoms with Gasteiger partial charge in [0.25, 0.3) is 0 Å². The van der Waals surface area contributed by atoms with E-state index in [4.69, 9.17) is 0 Å². The molecular formula is C26H34N2O3S. The van der Waals surface area contributed by atoms with Gasteiger partial charge in [0.05, 0.1) is 11.9 Å². The molecule has 3 fully saturated rings. The minimum atomic E-state index is -3.28. The number of hydrogen-bond acceptors (Lipinski definition) is 4. The Bertz CT molecular complexity index is 1070. The van der Waals surface area contributed by atoms with Crippen molar-refractivity contribution in [3.8, 4) is 0 Å². The second kappa shape index (κ2) is 7.86. The number of likely N-dealkylation sites (tertiary alicyclic amines) is 1. The van der Waals surface area contributed by atoms with Crippen LogP contribution in [-0.4, -0.2) is 49.9 Å². The molecule has 2 unspecified atom stereocenters. The Kier molecular flexibility index (Phi) is 5.38. The molecule has 5 nitrogen and oxygen atoms in total. The number of hydrogen-bond donors (Lipinski definition) is 2. The van der Waals surface area contributed by atoms with Gasteiger partial charge in [-0.15, -0.1) is 0 Å². The van der Waals surface area contributed by atoms with Gasteiger partial charge in [-0.1, -0.05) is 49.4 Å². The number of benzene rings is 2. The summed E-state index contributed by atoms with van der Waals surface area (Å²) >= 11 is 0. The summed E-state index contributed by atoms with van der Waals surface area (Å²) in [6.45, 7) is 5.35. The van der Waals surface area contributed by atoms with Crippen LogP contribution in [0.3, 0.4) is 0 Å². The second-order valence-electron chi connectivity index (χ2n) is 10.3. The zero-order valence-corrected chi connectivity index (χ0v) is 19.8. The number of sulfonamides is 1. The molecule has 2 N–H and O–H groups in total. The third-order valence-corrected chi connectivity index (χ3v) is 8.92. The number of nitrogens with zero attached hydrogens (tertiary/aromatic N) is 1. The van der Waals surface area contributed by atoms with Gasteiger partial charge >= 0.3 is 0 Å². The van der Waals surface area contributed by atoms with Crippen LogP contribution >= 0.6 is 0 Å². The molecular weight excluding hydrogens is 420 g/mol. The molecule has 0 spiro atoms. The maximum atomic E-state index is 11.6. The minimum Gasteiger partial charge on any atom is -0.390 e. The Morgan fingerprint density at radius 1 is 1.06 bits per heavy atom. The van der Waals surface area contributed by atoms with E-state index in [1.165, 1.54) is 17.4 Å². The highest BCUT2D eigenvalue weighted by atomic mass is 32.2. The SMILES string of the molecule is CCC1(c2cccc(NS(C)(=O)=O)c2)C2CN(CC[C@]3(O)C[C@H](c4ccccc4)C3)CC21. The lowest BCUT2D eigenvalue weighted by molar-refractivity contribution is -0.0607. The van der Waals surface area contributed by atoms with E-state index in [9.17, 15) is 13.5 Å². The van der Waals surface area contributed by atoms with Gasteiger partial charge in [0.15, 0.2) is 0 Å². The Hall–Kier alpha value is -1.89. The topological polar surface area (TPSA) is 69.6 Å². The fourth-order valence-corrected chi connectivity index (χ4v) is 7.19. The van der Waals surface area contributed by atoms with E-state index in [0.29, 0.717) is 23.4 Å². The molecule has 3 aliphatic rings. The molecule has 2 aliphatic carbocycles. The van der Waals surface area contributed by atoms with Crippen LogP contribution in [0.2, 0.25) is 0 Å². The number of rotatable bonds is 8. The zero-order chi connectivity index (χ0) is 22.6. The highest BCUT2D eigenvalue weighted by Gasteiger charge is 2.67. The average Bonchev–Trinajstić information content (AvgIpc) is 3.12. The summed E-state index contributed by atoms with van der Waals surface area (Å²) in [5, 5.41) is 10.9. The molecule has 172 valence electrons. The Labute approximate surface area is 191 Å². The van der Waals surface area contributed by atoms with Gasteiger partial charge in [-0.25, -0.2) is 8.42 Å². The molecule has 0 bridgehead atoms. The van der Waals surface area contributed by atoms with E-state index >= 15 is 0 Å². The van der Waals surface area contributed by atoms with Gasteiger partial charge in [0, 0.05) is 30.7 Å². The third-order valence-electron chi connectivity index (χ3n) is 8.32. The van der Waals surface area contributed by atoms with Crippen molar-refractivity contribution in [1.82, 2.24) is 4.90 Å². The molecule has 0 aromatic heterocycles. The van der Waals surface area contributed by atoms with Crippen LogP contribution in [0, 0.1) is 11.8 Å². The molecule has 2 aromatic carbocycles. The fourth-order valence-electron chi connectivity index (χ4n) is 6.63. The van der Waals surface area contributed by atoms with E-state index in [2.05, 4.69) is 46.9 Å². The quantitative estimate of drug-likeness (QED) is 0.633. The van der Waals surface area contributed by atoms with Crippen LogP contribution < -0.4 is 4.72 Å². The van der Waals surface area contributed by atoms with Crippen molar-refractivity contribution in [1.29, 1.82) is 0 Å². The normalized spacial score (nSPS) is 34.0. The molecule has 1 heterocycles. The smallest absolute Gasteiger partial charge is 0.229 e. The molecule has 2 atom stereocenters. The van der Waals surface area contributed by atoms with Crippen molar-refractivity contribution in [2.75, 3.05) is 30.6 Å². The summed E-state index contributed by atoms with van der Waals surface area (Å²) in [4.78, 5) is 2.52. The second-order valence-corrected chi connectivity index (χ2v) is 12.1. The first-order valence-corrected chi connectivity index (χ1v) is 13.7. The number of aliphatic hydroxyl groups is 1. The van der Waals surface area contributed by atoms with Crippen LogP contribution in [0.4, 0.5) is 5.69 Å². The number of fused-ring (bicyclic) bond motifs is 1. The van der Waals surface area contributed by atoms with E-state index < -0.39 is 15.6 Å². The molecule has 2 aromatic rings. The third kappa shape index (κ3) is 3.97. The van der Waals surface area contributed by atoms with Gasteiger partial charge in [-0.2, -0.15) is 0 Å². The predicted molar refractivity (Wildman–Crippen MR) is 128 cm³/mol. The molecule has 0 radical (unpaired) electrons. The predicted octanol–water partition coefficient (Wildman–Crippen LogP) is 3.97. The fraction of sp³-hybridized carbons (Fsp3) is 0.538. The van der Waals surface area contributed by atoms with Gasteiger partial charge in [0.2, 0.25) is 10.0 Å². The highest BCUT2D eigenvalue weighted by molar-refractivity contribution is 7.92. The standard InChI is InChI=1S/C26H34N2O3S/c1-3-26(21-10-7-11-22(14-21)27-32(2,30)31)23-17-28(18-24(23)26)13-12-25(29)15-20(16-25)19-8-5-4-6-9-19/h4-11,14,20,23-24,27,29H,3,12-13,15-18H2,1-2H3/t20-,23?,24?,25-,26?. The summed E-state index contributed by atoms with van der Waals surface area (Å²) in [6, 6.07) is 18.5. The van der Waals surface area contributed by atoms with Crippen LogP contribution in [0.5, 0.6) is 0 Å². The Morgan fingerprint density at radius 3 is 2.38 bits per heavy atom. The molecule has 6 heteroatoms. The van der Waals surface area contributed by atoms with Gasteiger partial charge in [-0.3, -0.25) is 4.72 Å². The van der Waals surface area contributed by atoms with Gasteiger partial charge in [-0.05, 0) is 66.7 Å². The van der Waals surface area contributed by atoms with E-state index in [-0.39, 0.29) is 5.41 Å². The highest BCUT2D eigenvalue weighted by Crippen LogP contribution is 2.65. The first-order valence-electron chi connectivity index (χ1n) is 11.8. The molecule has 5 rings (SSSR count). The van der Waals surface area contributed by atoms with Crippen LogP contribution in [-0.2, 0) is 15.4 Å². The van der Waals surface area contributed by atoms with Crippen molar-refractivity contribution >= 4 is 15.7 Å². The van der Waals surface area contributed by atoms with Gasteiger partial charge < -0.3 is 10.0 Å². The maximum Gasteiger partial charge on any atom is 0.229 e. The molecule has 1 saturated heterocycles. The summed E-state index contributed by atoms with van der Waals surface area (Å²) in [6.07, 6.45) is 4.86. The largest absolute Gasteiger partial charge is 0.390 e. The lowest BCUT2D eigenvalue weighted by atomic mass is 9.66. The van der Waals surface area contributed by atoms with Crippen molar-refractivity contribution in [3.05, 3.63) is 65.7 Å². The summed E-state index contributed by atoms with van der Waals surface area (Å²) in [5.41, 5.74) is 2.91. The van der Waals surface area contributed by atoms with Crippen LogP contribution in [0.15, 0.2) is 54.6 Å². The van der Waals surface area contributed by atoms with Gasteiger partial charge in [0.1, 0.15) is 0 Å². The Morgan fingerprint density at radius 2 is 1.75 bits per heavy atom. The van der Waals surface area contributed by atoms with E-state index in [0.717, 1.165) is 45.3 Å². The first kappa shape index (κ1) is 21.9. The maximum absolute atomic E-state index is 11.6. The summed E-state index contributed by atoms with van der Waals surface area (Å²) < 4.78 is 25.9. The number of nitrogens with one attached hydrogen (secondary N) is 1. The monoisotopic (exact) mass is 454 g/mol.